The summed E-state index contributed by atoms with van der Waals surface area (Å²) in [5.74, 6) is -1.03. The molecule has 0 unspecified atom stereocenters. The third-order valence-corrected chi connectivity index (χ3v) is 4.91. The summed E-state index contributed by atoms with van der Waals surface area (Å²) >= 11 is 0. The molecule has 0 saturated heterocycles. The molecule has 28 heavy (non-hydrogen) atoms. The van der Waals surface area contributed by atoms with E-state index in [2.05, 4.69) is 9.88 Å². The second kappa shape index (κ2) is 7.68. The zero-order chi connectivity index (χ0) is 19.5. The number of anilines is 1. The van der Waals surface area contributed by atoms with Crippen molar-refractivity contribution in [2.75, 3.05) is 11.9 Å². The molecule has 2 aromatic carbocycles. The van der Waals surface area contributed by atoms with Crippen LogP contribution in [0.5, 0.6) is 0 Å². The van der Waals surface area contributed by atoms with E-state index < -0.39 is 5.91 Å². The fourth-order valence-electron chi connectivity index (χ4n) is 3.62. The maximum atomic E-state index is 13.0. The molecule has 1 aliphatic rings. The van der Waals surface area contributed by atoms with Gasteiger partial charge >= 0.3 is 0 Å². The lowest BCUT2D eigenvalue weighted by Gasteiger charge is -2.37. The molecule has 142 valence electrons. The van der Waals surface area contributed by atoms with Crippen LogP contribution in [0.2, 0.25) is 0 Å². The molecule has 0 saturated carbocycles. The summed E-state index contributed by atoms with van der Waals surface area (Å²) in [7, 11) is 0. The Kier molecular flexibility index (Phi) is 4.93. The minimum Gasteiger partial charge on any atom is -0.348 e. The van der Waals surface area contributed by atoms with Crippen LogP contribution in [-0.4, -0.2) is 27.8 Å². The first-order valence-electron chi connectivity index (χ1n) is 9.17. The Hall–Kier alpha value is -3.41. The number of hydrogen-bond acceptors (Lipinski definition) is 2. The number of aromatic nitrogens is 1. The maximum Gasteiger partial charge on any atom is 0.233 e. The summed E-state index contributed by atoms with van der Waals surface area (Å²) in [4.78, 5) is 27.1. The van der Waals surface area contributed by atoms with Gasteiger partial charge in [0.2, 0.25) is 11.8 Å². The second-order valence-electron chi connectivity index (χ2n) is 6.76. The van der Waals surface area contributed by atoms with Gasteiger partial charge in [-0.2, -0.15) is 0 Å². The van der Waals surface area contributed by atoms with E-state index in [4.69, 9.17) is 0 Å². The molecule has 0 fully saturated rings. The molecule has 0 aliphatic carbocycles. The summed E-state index contributed by atoms with van der Waals surface area (Å²) in [5.41, 5.74) is 2.51. The van der Waals surface area contributed by atoms with Crippen LogP contribution in [-0.2, 0) is 16.1 Å². The fourth-order valence-corrected chi connectivity index (χ4v) is 3.62. The van der Waals surface area contributed by atoms with Crippen molar-refractivity contribution in [1.29, 1.82) is 0 Å². The van der Waals surface area contributed by atoms with E-state index in [1.54, 1.807) is 4.90 Å². The smallest absolute Gasteiger partial charge is 0.233 e. The Labute approximate surface area is 162 Å². The molecule has 1 N–H and O–H groups in total. The lowest BCUT2D eigenvalue weighted by Crippen LogP contribution is -2.43. The first kappa shape index (κ1) is 18.0. The SMILES string of the molecule is O=C(CC(=O)N1CCn2cccc2[C@H]1c1ccccc1)Nc1ccc(F)cc1. The fraction of sp³-hybridized carbons (Fsp3) is 0.182. The zero-order valence-electron chi connectivity index (χ0n) is 15.2. The highest BCUT2D eigenvalue weighted by Gasteiger charge is 2.32. The van der Waals surface area contributed by atoms with Gasteiger partial charge in [-0.15, -0.1) is 0 Å². The molecular formula is C22H20FN3O2. The van der Waals surface area contributed by atoms with Crippen molar-refractivity contribution in [2.24, 2.45) is 0 Å². The minimum absolute atomic E-state index is 0.226. The molecular weight excluding hydrogens is 357 g/mol. The summed E-state index contributed by atoms with van der Waals surface area (Å²) in [5, 5.41) is 2.65. The van der Waals surface area contributed by atoms with Gasteiger partial charge in [0.05, 0.1) is 6.04 Å². The van der Waals surface area contributed by atoms with Gasteiger partial charge in [-0.25, -0.2) is 4.39 Å². The normalized spacial score (nSPS) is 15.8. The largest absolute Gasteiger partial charge is 0.348 e. The van der Waals surface area contributed by atoms with Crippen LogP contribution in [0.3, 0.4) is 0 Å². The van der Waals surface area contributed by atoms with Crippen LogP contribution in [0, 0.1) is 5.82 Å². The van der Waals surface area contributed by atoms with Crippen molar-refractivity contribution in [1.82, 2.24) is 9.47 Å². The first-order chi connectivity index (χ1) is 13.6. The number of carbonyl (C=O) groups is 2. The van der Waals surface area contributed by atoms with Crippen LogP contribution >= 0.6 is 0 Å². The molecule has 2 amide bonds. The average molecular weight is 377 g/mol. The molecule has 2 heterocycles. The van der Waals surface area contributed by atoms with E-state index in [0.29, 0.717) is 18.8 Å². The van der Waals surface area contributed by atoms with Gasteiger partial charge in [0.1, 0.15) is 12.2 Å². The number of carbonyl (C=O) groups excluding carboxylic acids is 2. The quantitative estimate of drug-likeness (QED) is 0.707. The number of halogens is 1. The van der Waals surface area contributed by atoms with E-state index in [1.165, 1.54) is 24.3 Å². The van der Waals surface area contributed by atoms with Crippen molar-refractivity contribution in [3.05, 3.63) is 90.0 Å². The van der Waals surface area contributed by atoms with Crippen LogP contribution < -0.4 is 5.32 Å². The van der Waals surface area contributed by atoms with Crippen LogP contribution in [0.4, 0.5) is 10.1 Å². The topological polar surface area (TPSA) is 54.3 Å². The van der Waals surface area contributed by atoms with Crippen molar-refractivity contribution >= 4 is 17.5 Å². The Morgan fingerprint density at radius 2 is 1.71 bits per heavy atom. The van der Waals surface area contributed by atoms with Gasteiger partial charge in [-0.3, -0.25) is 9.59 Å². The number of rotatable bonds is 4. The van der Waals surface area contributed by atoms with E-state index >= 15 is 0 Å². The van der Waals surface area contributed by atoms with Gasteiger partial charge in [-0.1, -0.05) is 30.3 Å². The monoisotopic (exact) mass is 377 g/mol. The number of nitrogens with zero attached hydrogens (tertiary/aromatic N) is 2. The van der Waals surface area contributed by atoms with E-state index in [-0.39, 0.29) is 24.2 Å². The van der Waals surface area contributed by atoms with Crippen molar-refractivity contribution in [3.63, 3.8) is 0 Å². The highest BCUT2D eigenvalue weighted by Crippen LogP contribution is 2.32. The molecule has 3 aromatic rings. The van der Waals surface area contributed by atoms with Crippen molar-refractivity contribution < 1.29 is 14.0 Å². The molecule has 1 aliphatic heterocycles. The summed E-state index contributed by atoms with van der Waals surface area (Å²) in [6.07, 6.45) is 1.75. The number of nitrogens with one attached hydrogen (secondary N) is 1. The zero-order valence-corrected chi connectivity index (χ0v) is 15.2. The summed E-state index contributed by atoms with van der Waals surface area (Å²) < 4.78 is 15.1. The molecule has 4 rings (SSSR count). The summed E-state index contributed by atoms with van der Waals surface area (Å²) in [6, 6.07) is 19.0. The lowest BCUT2D eigenvalue weighted by atomic mass is 9.99. The third kappa shape index (κ3) is 3.67. The third-order valence-electron chi connectivity index (χ3n) is 4.91. The molecule has 0 radical (unpaired) electrons. The maximum absolute atomic E-state index is 13.0. The van der Waals surface area contributed by atoms with Gasteiger partial charge in [0.25, 0.3) is 0 Å². The number of hydrogen-bond donors (Lipinski definition) is 1. The standard InChI is InChI=1S/C22H20FN3O2/c23-17-8-10-18(11-9-17)24-20(27)15-21(28)26-14-13-25-12-4-7-19(25)22(26)16-5-2-1-3-6-16/h1-12,22H,13-15H2,(H,24,27)/t22-/m1/s1. The second-order valence-corrected chi connectivity index (χ2v) is 6.76. The van der Waals surface area contributed by atoms with Crippen molar-refractivity contribution in [3.8, 4) is 0 Å². The van der Waals surface area contributed by atoms with E-state index in [0.717, 1.165) is 11.3 Å². The molecule has 1 atom stereocenters. The first-order valence-corrected chi connectivity index (χ1v) is 9.17. The van der Waals surface area contributed by atoms with Crippen molar-refractivity contribution in [2.45, 2.75) is 19.0 Å². The van der Waals surface area contributed by atoms with E-state index in [9.17, 15) is 14.0 Å². The molecule has 0 spiro atoms. The Morgan fingerprint density at radius 1 is 0.964 bits per heavy atom. The van der Waals surface area contributed by atoms with Crippen LogP contribution in [0.1, 0.15) is 23.7 Å². The van der Waals surface area contributed by atoms with Crippen LogP contribution in [0.25, 0.3) is 0 Å². The summed E-state index contributed by atoms with van der Waals surface area (Å²) in [6.45, 7) is 1.22. The molecule has 1 aromatic heterocycles. The number of benzene rings is 2. The van der Waals surface area contributed by atoms with Gasteiger partial charge < -0.3 is 14.8 Å². The van der Waals surface area contributed by atoms with E-state index in [1.807, 2.05) is 48.7 Å². The Morgan fingerprint density at radius 3 is 2.46 bits per heavy atom. The van der Waals surface area contributed by atoms with Gasteiger partial charge in [-0.05, 0) is 42.0 Å². The van der Waals surface area contributed by atoms with Crippen LogP contribution in [0.15, 0.2) is 72.9 Å². The number of amides is 2. The number of fused-ring (bicyclic) bond motifs is 1. The Bertz CT molecular complexity index is 983. The highest BCUT2D eigenvalue weighted by molar-refractivity contribution is 6.03. The highest BCUT2D eigenvalue weighted by atomic mass is 19.1. The minimum atomic E-state index is -0.413. The lowest BCUT2D eigenvalue weighted by molar-refractivity contribution is -0.136. The molecule has 0 bridgehead atoms. The van der Waals surface area contributed by atoms with Gasteiger partial charge in [0, 0.05) is 30.7 Å². The van der Waals surface area contributed by atoms with Gasteiger partial charge in [0.15, 0.2) is 0 Å². The average Bonchev–Trinajstić information content (AvgIpc) is 3.18. The molecule has 5 nitrogen and oxygen atoms in total. The predicted molar refractivity (Wildman–Crippen MR) is 104 cm³/mol. The Balaban J connectivity index is 1.52. The molecule has 6 heteroatoms. The predicted octanol–water partition coefficient (Wildman–Crippen LogP) is 3.59.